The van der Waals surface area contributed by atoms with Crippen molar-refractivity contribution in [1.82, 2.24) is 4.98 Å². The number of rotatable bonds is 4. The van der Waals surface area contributed by atoms with E-state index in [1.165, 1.54) is 6.20 Å². The highest BCUT2D eigenvalue weighted by molar-refractivity contribution is 6.30. The van der Waals surface area contributed by atoms with Gasteiger partial charge < -0.3 is 4.90 Å². The number of benzene rings is 2. The maximum Gasteiger partial charge on any atom is 0.230 e. The third-order valence-electron chi connectivity index (χ3n) is 4.97. The van der Waals surface area contributed by atoms with Gasteiger partial charge in [0.25, 0.3) is 0 Å². The normalized spacial score (nSPS) is 16.7. The first kappa shape index (κ1) is 17.7. The number of amides is 1. The molecule has 3 nitrogen and oxygen atoms in total. The summed E-state index contributed by atoms with van der Waals surface area (Å²) in [7, 11) is 0. The van der Waals surface area contributed by atoms with Crippen molar-refractivity contribution in [2.24, 2.45) is 5.92 Å². The molecule has 0 bridgehead atoms. The molecular weight excluding hydrogens is 363 g/mol. The SMILES string of the molecule is O=C1C(Cc2ccc(Cl)cc2)CCN1c1ccc(-c2ccncc2F)cc1. The Bertz CT molecular complexity index is 957. The Kier molecular flexibility index (Phi) is 4.90. The first-order chi connectivity index (χ1) is 13.1. The second-order valence-electron chi connectivity index (χ2n) is 6.71. The van der Waals surface area contributed by atoms with Crippen LogP contribution in [0.4, 0.5) is 10.1 Å². The summed E-state index contributed by atoms with van der Waals surface area (Å²) in [6.45, 7) is 0.694. The fourth-order valence-electron chi connectivity index (χ4n) is 3.52. The van der Waals surface area contributed by atoms with Crippen molar-refractivity contribution in [1.29, 1.82) is 0 Å². The predicted molar refractivity (Wildman–Crippen MR) is 105 cm³/mol. The molecule has 0 aliphatic carbocycles. The Balaban J connectivity index is 1.48. The van der Waals surface area contributed by atoms with Crippen LogP contribution in [0, 0.1) is 11.7 Å². The molecule has 1 fully saturated rings. The van der Waals surface area contributed by atoms with Gasteiger partial charge in [0, 0.05) is 34.9 Å². The van der Waals surface area contributed by atoms with E-state index in [-0.39, 0.29) is 17.6 Å². The molecule has 1 saturated heterocycles. The first-order valence-corrected chi connectivity index (χ1v) is 9.25. The summed E-state index contributed by atoms with van der Waals surface area (Å²) >= 11 is 5.92. The van der Waals surface area contributed by atoms with Gasteiger partial charge in [0.15, 0.2) is 0 Å². The van der Waals surface area contributed by atoms with Crippen LogP contribution < -0.4 is 4.90 Å². The molecule has 5 heteroatoms. The minimum Gasteiger partial charge on any atom is -0.312 e. The van der Waals surface area contributed by atoms with Crippen LogP contribution in [0.5, 0.6) is 0 Å². The van der Waals surface area contributed by atoms with E-state index in [2.05, 4.69) is 4.98 Å². The summed E-state index contributed by atoms with van der Waals surface area (Å²) in [5.41, 5.74) is 3.23. The van der Waals surface area contributed by atoms with E-state index in [1.807, 2.05) is 53.4 Å². The van der Waals surface area contributed by atoms with Crippen LogP contribution in [0.3, 0.4) is 0 Å². The number of anilines is 1. The Morgan fingerprint density at radius 2 is 1.81 bits per heavy atom. The molecule has 0 radical (unpaired) electrons. The van der Waals surface area contributed by atoms with Gasteiger partial charge in [-0.25, -0.2) is 4.39 Å². The van der Waals surface area contributed by atoms with Gasteiger partial charge in [0.05, 0.1) is 6.20 Å². The van der Waals surface area contributed by atoms with Crippen LogP contribution in [0.25, 0.3) is 11.1 Å². The van der Waals surface area contributed by atoms with Crippen LogP contribution in [-0.2, 0) is 11.2 Å². The fraction of sp³-hybridized carbons (Fsp3) is 0.182. The highest BCUT2D eigenvalue weighted by Crippen LogP contribution is 2.30. The molecule has 2 heterocycles. The van der Waals surface area contributed by atoms with Crippen LogP contribution >= 0.6 is 11.6 Å². The number of halogens is 2. The summed E-state index contributed by atoms with van der Waals surface area (Å²) in [5, 5.41) is 0.698. The number of hydrogen-bond donors (Lipinski definition) is 0. The molecule has 1 atom stereocenters. The van der Waals surface area contributed by atoms with Crippen molar-refractivity contribution in [2.75, 3.05) is 11.4 Å². The maximum atomic E-state index is 13.9. The molecule has 1 amide bonds. The standard InChI is InChI=1S/C22H18ClFN2O/c23-18-5-1-15(2-6-18)13-17-10-12-26(22(17)27)19-7-3-16(4-8-19)20-9-11-25-14-21(20)24/h1-9,11,14,17H,10,12-13H2. The Labute approximate surface area is 162 Å². The number of aromatic nitrogens is 1. The first-order valence-electron chi connectivity index (χ1n) is 8.87. The predicted octanol–water partition coefficient (Wildman–Crippen LogP) is 5.14. The molecule has 3 aromatic rings. The average Bonchev–Trinajstić information content (AvgIpc) is 3.05. The lowest BCUT2D eigenvalue weighted by Gasteiger charge is -2.17. The molecule has 1 aliphatic rings. The van der Waals surface area contributed by atoms with Crippen molar-refractivity contribution in [3.05, 3.63) is 83.4 Å². The van der Waals surface area contributed by atoms with Crippen LogP contribution in [-0.4, -0.2) is 17.4 Å². The second kappa shape index (κ2) is 7.49. The summed E-state index contributed by atoms with van der Waals surface area (Å²) < 4.78 is 13.9. The number of hydrogen-bond acceptors (Lipinski definition) is 2. The molecular formula is C22H18ClFN2O. The van der Waals surface area contributed by atoms with Gasteiger partial charge in [0.2, 0.25) is 5.91 Å². The molecule has 0 spiro atoms. The average molecular weight is 381 g/mol. The quantitative estimate of drug-likeness (QED) is 0.628. The zero-order chi connectivity index (χ0) is 18.8. The molecule has 1 aliphatic heterocycles. The van der Waals surface area contributed by atoms with Crippen molar-refractivity contribution in [3.63, 3.8) is 0 Å². The third kappa shape index (κ3) is 3.71. The molecule has 4 rings (SSSR count). The van der Waals surface area contributed by atoms with Gasteiger partial charge in [0.1, 0.15) is 5.82 Å². The van der Waals surface area contributed by atoms with Crippen LogP contribution in [0.15, 0.2) is 67.0 Å². The lowest BCUT2D eigenvalue weighted by molar-refractivity contribution is -0.120. The third-order valence-corrected chi connectivity index (χ3v) is 5.23. The molecule has 2 aromatic carbocycles. The minimum atomic E-state index is -0.356. The summed E-state index contributed by atoms with van der Waals surface area (Å²) in [4.78, 5) is 18.4. The van der Waals surface area contributed by atoms with Gasteiger partial charge in [-0.15, -0.1) is 0 Å². The maximum absolute atomic E-state index is 13.9. The number of nitrogens with zero attached hydrogens (tertiary/aromatic N) is 2. The topological polar surface area (TPSA) is 33.2 Å². The van der Waals surface area contributed by atoms with E-state index in [1.54, 1.807) is 12.3 Å². The van der Waals surface area contributed by atoms with Crippen LogP contribution in [0.1, 0.15) is 12.0 Å². The second-order valence-corrected chi connectivity index (χ2v) is 7.14. The highest BCUT2D eigenvalue weighted by atomic mass is 35.5. The molecule has 0 saturated carbocycles. The van der Waals surface area contributed by atoms with Gasteiger partial charge in [-0.1, -0.05) is 35.9 Å². The van der Waals surface area contributed by atoms with Crippen molar-refractivity contribution in [2.45, 2.75) is 12.8 Å². The van der Waals surface area contributed by atoms with Crippen molar-refractivity contribution < 1.29 is 9.18 Å². The number of pyridine rings is 1. The van der Waals surface area contributed by atoms with Gasteiger partial charge >= 0.3 is 0 Å². The lowest BCUT2D eigenvalue weighted by atomic mass is 9.98. The van der Waals surface area contributed by atoms with E-state index >= 15 is 0 Å². The summed E-state index contributed by atoms with van der Waals surface area (Å²) in [6, 6.07) is 16.7. The Morgan fingerprint density at radius 3 is 2.52 bits per heavy atom. The fourth-order valence-corrected chi connectivity index (χ4v) is 3.65. The molecule has 1 aromatic heterocycles. The monoisotopic (exact) mass is 380 g/mol. The summed E-state index contributed by atoms with van der Waals surface area (Å²) in [6.07, 6.45) is 4.31. The van der Waals surface area contributed by atoms with Gasteiger partial charge in [-0.3, -0.25) is 9.78 Å². The zero-order valence-corrected chi connectivity index (χ0v) is 15.4. The van der Waals surface area contributed by atoms with Crippen molar-refractivity contribution in [3.8, 4) is 11.1 Å². The Hall–Kier alpha value is -2.72. The minimum absolute atomic E-state index is 0.0245. The largest absolute Gasteiger partial charge is 0.312 e. The van der Waals surface area contributed by atoms with E-state index in [4.69, 9.17) is 11.6 Å². The van der Waals surface area contributed by atoms with E-state index in [0.717, 1.165) is 23.2 Å². The Morgan fingerprint density at radius 1 is 1.07 bits per heavy atom. The smallest absolute Gasteiger partial charge is 0.230 e. The van der Waals surface area contributed by atoms with E-state index < -0.39 is 0 Å². The molecule has 1 unspecified atom stereocenters. The van der Waals surface area contributed by atoms with Crippen LogP contribution in [0.2, 0.25) is 5.02 Å². The van der Waals surface area contributed by atoms with Gasteiger partial charge in [-0.2, -0.15) is 0 Å². The molecule has 136 valence electrons. The number of carbonyl (C=O) groups excluding carboxylic acids is 1. The molecule has 0 N–H and O–H groups in total. The lowest BCUT2D eigenvalue weighted by Crippen LogP contribution is -2.27. The molecule has 27 heavy (non-hydrogen) atoms. The number of carbonyl (C=O) groups is 1. The zero-order valence-electron chi connectivity index (χ0n) is 14.6. The van der Waals surface area contributed by atoms with Gasteiger partial charge in [-0.05, 0) is 54.3 Å². The van der Waals surface area contributed by atoms with E-state index in [0.29, 0.717) is 23.6 Å². The summed E-state index contributed by atoms with van der Waals surface area (Å²) in [5.74, 6) is -0.248. The highest BCUT2D eigenvalue weighted by Gasteiger charge is 2.32. The van der Waals surface area contributed by atoms with Crippen molar-refractivity contribution >= 4 is 23.2 Å². The van der Waals surface area contributed by atoms with E-state index in [9.17, 15) is 9.18 Å².